The summed E-state index contributed by atoms with van der Waals surface area (Å²) in [6.07, 6.45) is 1.49. The van der Waals surface area contributed by atoms with Crippen LogP contribution in [-0.4, -0.2) is 18.2 Å². The smallest absolute Gasteiger partial charge is 0.231 e. The minimum atomic E-state index is -0.395. The Morgan fingerprint density at radius 3 is 2.62 bits per heavy atom. The van der Waals surface area contributed by atoms with Gasteiger partial charge in [-0.05, 0) is 48.0 Å². The third kappa shape index (κ3) is 4.27. The van der Waals surface area contributed by atoms with Crippen molar-refractivity contribution in [2.24, 2.45) is 0 Å². The SMILES string of the molecule is O=C(COc1ccc2c(c1)OC(=Cc1cccc(F)c1)C2=O)c1ccc(Br)cc1. The van der Waals surface area contributed by atoms with Gasteiger partial charge >= 0.3 is 0 Å². The lowest BCUT2D eigenvalue weighted by Gasteiger charge is -2.07. The second-order valence-electron chi connectivity index (χ2n) is 6.37. The topological polar surface area (TPSA) is 52.6 Å². The van der Waals surface area contributed by atoms with Gasteiger partial charge in [-0.2, -0.15) is 0 Å². The van der Waals surface area contributed by atoms with Gasteiger partial charge in [-0.15, -0.1) is 0 Å². The van der Waals surface area contributed by atoms with E-state index in [9.17, 15) is 14.0 Å². The Balaban J connectivity index is 1.47. The Morgan fingerprint density at radius 2 is 1.86 bits per heavy atom. The predicted octanol–water partition coefficient (Wildman–Crippen LogP) is 5.47. The number of fused-ring (bicyclic) bond motifs is 1. The first-order valence-corrected chi connectivity index (χ1v) is 9.54. The van der Waals surface area contributed by atoms with E-state index in [1.54, 1.807) is 54.6 Å². The fourth-order valence-corrected chi connectivity index (χ4v) is 3.14. The fraction of sp³-hybridized carbons (Fsp3) is 0.0435. The highest BCUT2D eigenvalue weighted by Crippen LogP contribution is 2.35. The summed E-state index contributed by atoms with van der Waals surface area (Å²) in [5.41, 5.74) is 1.46. The molecule has 0 bridgehead atoms. The normalized spacial score (nSPS) is 13.9. The van der Waals surface area contributed by atoms with Crippen LogP contribution in [0.15, 0.2) is 77.0 Å². The number of benzene rings is 3. The van der Waals surface area contributed by atoms with Crippen LogP contribution in [0.2, 0.25) is 0 Å². The highest BCUT2D eigenvalue weighted by molar-refractivity contribution is 9.10. The average molecular weight is 453 g/mol. The van der Waals surface area contributed by atoms with Crippen LogP contribution in [0.5, 0.6) is 11.5 Å². The van der Waals surface area contributed by atoms with Gasteiger partial charge in [0, 0.05) is 16.1 Å². The van der Waals surface area contributed by atoms with Crippen LogP contribution in [0, 0.1) is 5.82 Å². The molecule has 0 atom stereocenters. The first-order valence-electron chi connectivity index (χ1n) is 8.75. The molecule has 0 aromatic heterocycles. The van der Waals surface area contributed by atoms with Crippen LogP contribution in [0.4, 0.5) is 4.39 Å². The molecule has 0 saturated heterocycles. The van der Waals surface area contributed by atoms with Gasteiger partial charge in [-0.1, -0.05) is 40.2 Å². The molecule has 4 rings (SSSR count). The summed E-state index contributed by atoms with van der Waals surface area (Å²) in [4.78, 5) is 24.7. The van der Waals surface area contributed by atoms with Gasteiger partial charge in [0.1, 0.15) is 17.3 Å². The average Bonchev–Trinajstić information content (AvgIpc) is 3.01. The lowest BCUT2D eigenvalue weighted by Crippen LogP contribution is -2.11. The Kier molecular flexibility index (Phi) is 5.27. The Hall–Kier alpha value is -3.25. The number of allylic oxidation sites excluding steroid dienone is 1. The van der Waals surface area contributed by atoms with Crippen LogP contribution < -0.4 is 9.47 Å². The molecule has 1 heterocycles. The van der Waals surface area contributed by atoms with Gasteiger partial charge in [-0.25, -0.2) is 4.39 Å². The first kappa shape index (κ1) is 19.1. The second-order valence-corrected chi connectivity index (χ2v) is 7.29. The zero-order valence-electron chi connectivity index (χ0n) is 15.0. The third-order valence-electron chi connectivity index (χ3n) is 4.32. The zero-order chi connectivity index (χ0) is 20.4. The van der Waals surface area contributed by atoms with E-state index in [-0.39, 0.29) is 23.9 Å². The standard InChI is InChI=1S/C23H14BrFO4/c24-16-6-4-15(5-7-16)20(26)13-28-18-8-9-19-21(12-18)29-22(23(19)27)11-14-2-1-3-17(25)10-14/h1-12H,13H2. The van der Waals surface area contributed by atoms with E-state index < -0.39 is 5.82 Å². The van der Waals surface area contributed by atoms with Crippen molar-refractivity contribution in [3.63, 3.8) is 0 Å². The molecule has 3 aromatic carbocycles. The molecular weight excluding hydrogens is 439 g/mol. The molecule has 29 heavy (non-hydrogen) atoms. The molecule has 0 saturated carbocycles. The van der Waals surface area contributed by atoms with E-state index in [4.69, 9.17) is 9.47 Å². The number of rotatable bonds is 5. The molecule has 0 unspecified atom stereocenters. The monoisotopic (exact) mass is 452 g/mol. The largest absolute Gasteiger partial charge is 0.485 e. The van der Waals surface area contributed by atoms with Gasteiger partial charge in [0.05, 0.1) is 5.56 Å². The zero-order valence-corrected chi connectivity index (χ0v) is 16.6. The molecule has 1 aliphatic heterocycles. The van der Waals surface area contributed by atoms with Crippen LogP contribution in [0.25, 0.3) is 6.08 Å². The Bertz CT molecular complexity index is 1140. The quantitative estimate of drug-likeness (QED) is 0.380. The molecule has 4 nitrogen and oxygen atoms in total. The molecule has 3 aromatic rings. The molecule has 0 N–H and O–H groups in total. The molecule has 1 aliphatic rings. The maximum atomic E-state index is 13.3. The van der Waals surface area contributed by atoms with E-state index >= 15 is 0 Å². The van der Waals surface area contributed by atoms with Crippen molar-refractivity contribution in [3.05, 3.63) is 99.5 Å². The van der Waals surface area contributed by atoms with E-state index in [2.05, 4.69) is 15.9 Å². The van der Waals surface area contributed by atoms with Crippen molar-refractivity contribution in [2.45, 2.75) is 0 Å². The van der Waals surface area contributed by atoms with Gasteiger partial charge in [0.25, 0.3) is 0 Å². The van der Waals surface area contributed by atoms with Crippen LogP contribution >= 0.6 is 15.9 Å². The minimum absolute atomic E-state index is 0.105. The summed E-state index contributed by atoms with van der Waals surface area (Å²) in [7, 11) is 0. The number of halogens is 2. The minimum Gasteiger partial charge on any atom is -0.485 e. The highest BCUT2D eigenvalue weighted by atomic mass is 79.9. The van der Waals surface area contributed by atoms with Crippen LogP contribution in [0.3, 0.4) is 0 Å². The summed E-state index contributed by atoms with van der Waals surface area (Å²) >= 11 is 3.33. The highest BCUT2D eigenvalue weighted by Gasteiger charge is 2.27. The summed E-state index contributed by atoms with van der Waals surface area (Å²) < 4.78 is 25.4. The summed E-state index contributed by atoms with van der Waals surface area (Å²) in [6.45, 7) is -0.139. The number of hydrogen-bond acceptors (Lipinski definition) is 4. The van der Waals surface area contributed by atoms with Crippen molar-refractivity contribution in [3.8, 4) is 11.5 Å². The number of hydrogen-bond donors (Lipinski definition) is 0. The number of carbonyl (C=O) groups excluding carboxylic acids is 2. The number of ether oxygens (including phenoxy) is 2. The lowest BCUT2D eigenvalue weighted by molar-refractivity contribution is 0.0921. The summed E-state index contributed by atoms with van der Waals surface area (Å²) in [5.74, 6) is 0.00539. The van der Waals surface area contributed by atoms with Crippen molar-refractivity contribution in [1.82, 2.24) is 0 Å². The first-order chi connectivity index (χ1) is 14.0. The van der Waals surface area contributed by atoms with E-state index in [0.717, 1.165) is 4.47 Å². The summed E-state index contributed by atoms with van der Waals surface area (Å²) in [6, 6.07) is 17.6. The molecule has 0 fully saturated rings. The number of Topliss-reactive ketones (excluding diaryl/α,β-unsaturated/α-hetero) is 2. The molecular formula is C23H14BrFO4. The van der Waals surface area contributed by atoms with Gasteiger partial charge in [-0.3, -0.25) is 9.59 Å². The fourth-order valence-electron chi connectivity index (χ4n) is 2.87. The summed E-state index contributed by atoms with van der Waals surface area (Å²) in [5, 5.41) is 0. The molecule has 0 radical (unpaired) electrons. The lowest BCUT2D eigenvalue weighted by atomic mass is 10.1. The van der Waals surface area contributed by atoms with Gasteiger partial charge < -0.3 is 9.47 Å². The molecule has 0 aliphatic carbocycles. The van der Waals surface area contributed by atoms with E-state index in [0.29, 0.717) is 28.2 Å². The predicted molar refractivity (Wildman–Crippen MR) is 110 cm³/mol. The Labute approximate surface area is 174 Å². The van der Waals surface area contributed by atoms with E-state index in [1.165, 1.54) is 18.2 Å². The van der Waals surface area contributed by atoms with Gasteiger partial charge in [0.15, 0.2) is 18.1 Å². The van der Waals surface area contributed by atoms with Crippen molar-refractivity contribution in [2.75, 3.05) is 6.61 Å². The van der Waals surface area contributed by atoms with Crippen molar-refractivity contribution >= 4 is 33.6 Å². The molecule has 144 valence electrons. The molecule has 0 spiro atoms. The maximum absolute atomic E-state index is 13.3. The van der Waals surface area contributed by atoms with Gasteiger partial charge in [0.2, 0.25) is 5.78 Å². The van der Waals surface area contributed by atoms with Crippen LogP contribution in [-0.2, 0) is 0 Å². The second kappa shape index (κ2) is 8.01. The molecule has 6 heteroatoms. The third-order valence-corrected chi connectivity index (χ3v) is 4.85. The number of carbonyl (C=O) groups is 2. The van der Waals surface area contributed by atoms with Crippen molar-refractivity contribution in [1.29, 1.82) is 0 Å². The van der Waals surface area contributed by atoms with Crippen LogP contribution in [0.1, 0.15) is 26.3 Å². The van der Waals surface area contributed by atoms with E-state index in [1.807, 2.05) is 0 Å². The van der Waals surface area contributed by atoms with Crippen molar-refractivity contribution < 1.29 is 23.5 Å². The molecule has 0 amide bonds. The number of ketones is 2. The Morgan fingerprint density at radius 1 is 1.07 bits per heavy atom. The maximum Gasteiger partial charge on any atom is 0.231 e.